The highest BCUT2D eigenvalue weighted by Gasteiger charge is 2.12. The van der Waals surface area contributed by atoms with Gasteiger partial charge in [-0.15, -0.1) is 15.3 Å². The summed E-state index contributed by atoms with van der Waals surface area (Å²) in [6, 6.07) is 20.9. The summed E-state index contributed by atoms with van der Waals surface area (Å²) in [5.41, 5.74) is 3.65. The van der Waals surface area contributed by atoms with Crippen LogP contribution in [-0.4, -0.2) is 50.1 Å². The maximum atomic E-state index is 12.6. The first-order valence-corrected chi connectivity index (χ1v) is 15.4. The van der Waals surface area contributed by atoms with Gasteiger partial charge in [-0.3, -0.25) is 14.9 Å². The lowest BCUT2D eigenvalue weighted by Gasteiger charge is -2.15. The molecule has 0 aliphatic heterocycles. The molecule has 43 heavy (non-hydrogen) atoms. The molecule has 10 nitrogen and oxygen atoms in total. The van der Waals surface area contributed by atoms with E-state index in [1.54, 1.807) is 6.07 Å². The van der Waals surface area contributed by atoms with Crippen molar-refractivity contribution in [2.45, 2.75) is 65.0 Å². The average Bonchev–Trinajstić information content (AvgIpc) is 3.42. The second-order valence-electron chi connectivity index (χ2n) is 10.9. The van der Waals surface area contributed by atoms with Crippen molar-refractivity contribution in [2.75, 3.05) is 17.2 Å². The van der Waals surface area contributed by atoms with Crippen molar-refractivity contribution in [1.82, 2.24) is 25.7 Å². The van der Waals surface area contributed by atoms with E-state index in [9.17, 15) is 14.7 Å². The molecule has 4 N–H and O–H groups in total. The minimum absolute atomic E-state index is 0.128. The Bertz CT molecular complexity index is 1440. The summed E-state index contributed by atoms with van der Waals surface area (Å²) in [6.07, 6.45) is 3.67. The van der Waals surface area contributed by atoms with Gasteiger partial charge in [-0.2, -0.15) is 5.10 Å². The van der Waals surface area contributed by atoms with Gasteiger partial charge in [-0.25, -0.2) is 0 Å². The number of carbonyl (C=O) groups excluding carboxylic acids is 2. The number of rotatable bonds is 16. The number of anilines is 2. The summed E-state index contributed by atoms with van der Waals surface area (Å²) >= 11 is 1.38. The largest absolute Gasteiger partial charge is 0.378 e. The molecule has 2 aromatic heterocycles. The van der Waals surface area contributed by atoms with Crippen LogP contribution in [0.25, 0.3) is 0 Å². The number of aliphatic hydroxyl groups is 1. The zero-order valence-corrected chi connectivity index (χ0v) is 25.4. The zero-order valence-electron chi connectivity index (χ0n) is 24.6. The van der Waals surface area contributed by atoms with Crippen molar-refractivity contribution in [3.05, 3.63) is 94.1 Å². The number of nitrogens with one attached hydrogen (secondary N) is 3. The molecule has 0 saturated carbocycles. The number of aliphatic hydroxyl groups excluding tert-OH is 1. The highest BCUT2D eigenvalue weighted by atomic mass is 32.1. The van der Waals surface area contributed by atoms with Gasteiger partial charge in [0.1, 0.15) is 11.2 Å². The zero-order chi connectivity index (χ0) is 30.4. The van der Waals surface area contributed by atoms with Gasteiger partial charge < -0.3 is 15.7 Å². The predicted octanol–water partition coefficient (Wildman–Crippen LogP) is 4.36. The van der Waals surface area contributed by atoms with Gasteiger partial charge in [-0.05, 0) is 60.5 Å². The predicted molar refractivity (Wildman–Crippen MR) is 169 cm³/mol. The highest BCUT2D eigenvalue weighted by molar-refractivity contribution is 7.15. The number of benzene rings is 2. The van der Waals surface area contributed by atoms with Crippen LogP contribution in [-0.2, 0) is 41.7 Å². The van der Waals surface area contributed by atoms with Crippen LogP contribution in [0.15, 0.2) is 66.7 Å². The Morgan fingerprint density at radius 2 is 1.51 bits per heavy atom. The fraction of sp³-hybridized carbons (Fsp3) is 0.375. The van der Waals surface area contributed by atoms with E-state index < -0.39 is 6.23 Å². The molecule has 2 heterocycles. The lowest BCUT2D eigenvalue weighted by molar-refractivity contribution is -0.116. The lowest BCUT2D eigenvalue weighted by atomic mass is 10.0. The fourth-order valence-electron chi connectivity index (χ4n) is 4.40. The molecule has 0 spiro atoms. The van der Waals surface area contributed by atoms with Gasteiger partial charge in [0.2, 0.25) is 16.9 Å². The third-order valence-corrected chi connectivity index (χ3v) is 7.43. The maximum absolute atomic E-state index is 12.6. The van der Waals surface area contributed by atoms with Crippen LogP contribution in [0.3, 0.4) is 0 Å². The number of hydrogen-bond donors (Lipinski definition) is 4. The molecule has 0 aliphatic rings. The van der Waals surface area contributed by atoms with Gasteiger partial charge in [0, 0.05) is 12.8 Å². The van der Waals surface area contributed by atoms with E-state index in [0.29, 0.717) is 23.3 Å². The van der Waals surface area contributed by atoms with Gasteiger partial charge in [0.25, 0.3) is 0 Å². The minimum atomic E-state index is -0.621. The van der Waals surface area contributed by atoms with E-state index in [0.717, 1.165) is 59.6 Å². The van der Waals surface area contributed by atoms with E-state index in [1.807, 2.05) is 60.7 Å². The third kappa shape index (κ3) is 11.6. The first kappa shape index (κ1) is 31.9. The van der Waals surface area contributed by atoms with Crippen molar-refractivity contribution in [3.63, 3.8) is 0 Å². The Labute approximate surface area is 256 Å². The molecule has 4 rings (SSSR count). The van der Waals surface area contributed by atoms with Crippen LogP contribution >= 0.6 is 11.3 Å². The van der Waals surface area contributed by atoms with Gasteiger partial charge in [-0.1, -0.05) is 79.8 Å². The summed E-state index contributed by atoms with van der Waals surface area (Å²) in [7, 11) is 0. The van der Waals surface area contributed by atoms with E-state index >= 15 is 0 Å². The number of amides is 2. The van der Waals surface area contributed by atoms with Crippen molar-refractivity contribution in [2.24, 2.45) is 5.92 Å². The van der Waals surface area contributed by atoms with Crippen LogP contribution in [0.4, 0.5) is 10.9 Å². The van der Waals surface area contributed by atoms with Crippen molar-refractivity contribution in [3.8, 4) is 0 Å². The average molecular weight is 602 g/mol. The molecule has 0 radical (unpaired) electrons. The molecule has 1 atom stereocenters. The first-order chi connectivity index (χ1) is 20.8. The number of aromatic nitrogens is 4. The SMILES string of the molecule is CC(C)CNC(O)Cc1cccc(CC(=O)Nc2nnc(CCCCc3ccc(NC(=O)Cc4ccccc4)nn3)s2)c1. The normalized spacial score (nSPS) is 11.8. The molecule has 11 heteroatoms. The number of carbonyl (C=O) groups is 2. The second-order valence-corrected chi connectivity index (χ2v) is 12.0. The molecule has 0 saturated heterocycles. The molecule has 2 amide bonds. The van der Waals surface area contributed by atoms with Crippen molar-refractivity contribution in [1.29, 1.82) is 0 Å². The summed E-state index contributed by atoms with van der Waals surface area (Å²) in [5.74, 6) is 0.610. The third-order valence-electron chi connectivity index (χ3n) is 6.53. The molecular formula is C32H39N7O3S. The van der Waals surface area contributed by atoms with Crippen LogP contribution in [0.1, 0.15) is 54.1 Å². The summed E-state index contributed by atoms with van der Waals surface area (Å²) in [4.78, 5) is 24.8. The second kappa shape index (κ2) is 16.5. The van der Waals surface area contributed by atoms with Gasteiger partial charge in [0.05, 0.1) is 18.5 Å². The van der Waals surface area contributed by atoms with Crippen LogP contribution in [0.2, 0.25) is 0 Å². The molecule has 0 fully saturated rings. The monoisotopic (exact) mass is 601 g/mol. The molecule has 0 bridgehead atoms. The molecule has 2 aromatic carbocycles. The van der Waals surface area contributed by atoms with Crippen LogP contribution < -0.4 is 16.0 Å². The number of hydrogen-bond acceptors (Lipinski definition) is 9. The minimum Gasteiger partial charge on any atom is -0.378 e. The number of nitrogens with zero attached hydrogens (tertiary/aromatic N) is 4. The van der Waals surface area contributed by atoms with Gasteiger partial charge >= 0.3 is 0 Å². The first-order valence-electron chi connectivity index (χ1n) is 14.6. The Morgan fingerprint density at radius 1 is 0.791 bits per heavy atom. The Kier molecular flexibility index (Phi) is 12.3. The van der Waals surface area contributed by atoms with E-state index in [4.69, 9.17) is 0 Å². The topological polar surface area (TPSA) is 142 Å². The molecule has 226 valence electrons. The summed E-state index contributed by atoms with van der Waals surface area (Å²) < 4.78 is 0. The molecule has 0 aliphatic carbocycles. The van der Waals surface area contributed by atoms with E-state index in [2.05, 4.69) is 50.2 Å². The van der Waals surface area contributed by atoms with Crippen molar-refractivity contribution >= 4 is 34.1 Å². The quantitative estimate of drug-likeness (QED) is 0.110. The molecule has 4 aromatic rings. The summed E-state index contributed by atoms with van der Waals surface area (Å²) in [6.45, 7) is 4.93. The lowest BCUT2D eigenvalue weighted by Crippen LogP contribution is -2.33. The van der Waals surface area contributed by atoms with E-state index in [1.165, 1.54) is 11.3 Å². The standard InChI is InChI=1S/C32H39N7O3S/c1-22(2)21-33-28(40)19-24-11-8-12-25(17-24)20-30(42)35-32-39-38-31(43-32)14-7-6-13-26-15-16-27(37-36-26)34-29(41)18-23-9-4-3-5-10-23/h3-5,8-12,15-17,22,28,33,40H,6-7,13-14,18-21H2,1-2H3,(H,34,37,41)(H,35,39,42). The van der Waals surface area contributed by atoms with Crippen LogP contribution in [0.5, 0.6) is 0 Å². The van der Waals surface area contributed by atoms with Crippen molar-refractivity contribution < 1.29 is 14.7 Å². The number of unbranched alkanes of at least 4 members (excludes halogenated alkanes) is 1. The Hall–Kier alpha value is -4.06. The number of aryl methyl sites for hydroxylation is 2. The van der Waals surface area contributed by atoms with Gasteiger partial charge in [0.15, 0.2) is 5.82 Å². The Morgan fingerprint density at radius 3 is 2.28 bits per heavy atom. The highest BCUT2D eigenvalue weighted by Crippen LogP contribution is 2.18. The summed E-state index contributed by atoms with van der Waals surface area (Å²) in [5, 5.41) is 37.0. The molecular weight excluding hydrogens is 562 g/mol. The maximum Gasteiger partial charge on any atom is 0.230 e. The molecule has 1 unspecified atom stereocenters. The Balaban J connectivity index is 1.14. The van der Waals surface area contributed by atoms with Crippen LogP contribution in [0, 0.1) is 5.92 Å². The fourth-order valence-corrected chi connectivity index (χ4v) is 5.20. The smallest absolute Gasteiger partial charge is 0.230 e. The van der Waals surface area contributed by atoms with E-state index in [-0.39, 0.29) is 24.7 Å².